The smallest absolute Gasteiger partial charge is 0.235 e. The largest absolute Gasteiger partial charge is 0.276 e. The maximum atomic E-state index is 5.43. The van der Waals surface area contributed by atoms with Crippen LogP contribution in [0.25, 0.3) is 91.5 Å². The fraction of sp³-hybridized carbons (Fsp3) is 0. The minimum atomic E-state index is 0.688. The van der Waals surface area contributed by atoms with Gasteiger partial charge in [0.2, 0.25) is 5.95 Å². The Bertz CT molecular complexity index is 2770. The van der Waals surface area contributed by atoms with Gasteiger partial charge in [0.05, 0.1) is 21.3 Å². The number of benzene rings is 7. The third kappa shape index (κ3) is 3.20. The second kappa shape index (κ2) is 8.96. The Balaban J connectivity index is 1.41. The highest BCUT2D eigenvalue weighted by molar-refractivity contribution is 7.27. The number of para-hydroxylation sites is 1. The Hall–Kier alpha value is -5.58. The first kappa shape index (κ1) is 23.9. The molecule has 10 aromatic rings. The van der Waals surface area contributed by atoms with Crippen LogP contribution in [0.1, 0.15) is 0 Å². The van der Waals surface area contributed by atoms with Gasteiger partial charge in [0.15, 0.2) is 0 Å². The van der Waals surface area contributed by atoms with Gasteiger partial charge in [0.1, 0.15) is 0 Å². The van der Waals surface area contributed by atoms with Gasteiger partial charge in [-0.15, -0.1) is 11.3 Å². The van der Waals surface area contributed by atoms with Crippen molar-refractivity contribution in [2.75, 3.05) is 0 Å². The highest BCUT2D eigenvalue weighted by atomic mass is 32.1. The summed E-state index contributed by atoms with van der Waals surface area (Å²) in [5.41, 5.74) is 5.55. The summed E-state index contributed by atoms with van der Waals surface area (Å²) in [6.07, 6.45) is 2.02. The van der Waals surface area contributed by atoms with Gasteiger partial charge in [-0.1, -0.05) is 115 Å². The van der Waals surface area contributed by atoms with E-state index in [0.29, 0.717) is 5.95 Å². The van der Waals surface area contributed by atoms with Crippen LogP contribution in [-0.4, -0.2) is 14.5 Å². The Morgan fingerprint density at radius 3 is 2.05 bits per heavy atom. The lowest BCUT2D eigenvalue weighted by atomic mass is 9.97. The molecule has 0 radical (unpaired) electrons. The maximum absolute atomic E-state index is 5.43. The molecular weight excluding hydrogens is 555 g/mol. The minimum Gasteiger partial charge on any atom is -0.276 e. The van der Waals surface area contributed by atoms with E-state index in [9.17, 15) is 0 Å². The molecule has 3 heterocycles. The Labute approximate surface area is 256 Å². The summed E-state index contributed by atoms with van der Waals surface area (Å²) in [6, 6.07) is 47.7. The summed E-state index contributed by atoms with van der Waals surface area (Å²) in [6.45, 7) is 0. The summed E-state index contributed by atoms with van der Waals surface area (Å²) < 4.78 is 4.86. The lowest BCUT2D eigenvalue weighted by molar-refractivity contribution is 1.02. The van der Waals surface area contributed by atoms with Crippen molar-refractivity contribution in [2.45, 2.75) is 0 Å². The van der Waals surface area contributed by atoms with E-state index in [1.54, 1.807) is 0 Å². The maximum Gasteiger partial charge on any atom is 0.235 e. The average molecular weight is 578 g/mol. The predicted molar refractivity (Wildman–Crippen MR) is 187 cm³/mol. The Morgan fingerprint density at radius 1 is 0.545 bits per heavy atom. The van der Waals surface area contributed by atoms with Crippen LogP contribution >= 0.6 is 11.3 Å². The molecule has 0 aliphatic carbocycles. The first-order valence-electron chi connectivity index (χ1n) is 14.8. The van der Waals surface area contributed by atoms with Gasteiger partial charge in [-0.3, -0.25) is 4.57 Å². The molecular formula is C40H23N3S. The van der Waals surface area contributed by atoms with Crippen molar-refractivity contribution in [2.24, 2.45) is 0 Å². The average Bonchev–Trinajstić information content (AvgIpc) is 3.65. The molecule has 0 spiro atoms. The van der Waals surface area contributed by atoms with Crippen LogP contribution in [0.3, 0.4) is 0 Å². The van der Waals surface area contributed by atoms with Crippen LogP contribution in [0, 0.1) is 0 Å². The molecule has 3 aromatic heterocycles. The third-order valence-corrected chi connectivity index (χ3v) is 10.2. The third-order valence-electron chi connectivity index (χ3n) is 9.02. The van der Waals surface area contributed by atoms with Crippen molar-refractivity contribution < 1.29 is 0 Å². The lowest BCUT2D eigenvalue weighted by Crippen LogP contribution is -2.02. The number of thiophene rings is 1. The van der Waals surface area contributed by atoms with E-state index in [1.807, 2.05) is 17.5 Å². The molecule has 0 saturated heterocycles. The number of hydrogen-bond acceptors (Lipinski definition) is 3. The van der Waals surface area contributed by atoms with Crippen molar-refractivity contribution in [1.82, 2.24) is 14.5 Å². The van der Waals surface area contributed by atoms with Crippen LogP contribution in [-0.2, 0) is 0 Å². The first-order valence-corrected chi connectivity index (χ1v) is 15.7. The molecule has 0 aliphatic rings. The molecule has 0 N–H and O–H groups in total. The van der Waals surface area contributed by atoms with Crippen molar-refractivity contribution in [3.63, 3.8) is 0 Å². The highest BCUT2D eigenvalue weighted by Gasteiger charge is 2.23. The number of fused-ring (bicyclic) bond motifs is 13. The number of rotatable bonds is 2. The molecule has 0 fully saturated rings. The minimum absolute atomic E-state index is 0.688. The normalized spacial score (nSPS) is 12.1. The van der Waals surface area contributed by atoms with Crippen LogP contribution in [0.2, 0.25) is 0 Å². The summed E-state index contributed by atoms with van der Waals surface area (Å²) in [5.74, 6) is 0.688. The summed E-state index contributed by atoms with van der Waals surface area (Å²) in [4.78, 5) is 10.6. The monoisotopic (exact) mass is 577 g/mol. The van der Waals surface area contributed by atoms with Gasteiger partial charge >= 0.3 is 0 Å². The van der Waals surface area contributed by atoms with Crippen molar-refractivity contribution >= 4 is 85.8 Å². The van der Waals surface area contributed by atoms with Crippen molar-refractivity contribution in [3.05, 3.63) is 140 Å². The molecule has 0 unspecified atom stereocenters. The van der Waals surface area contributed by atoms with E-state index in [4.69, 9.17) is 9.97 Å². The van der Waals surface area contributed by atoms with E-state index in [1.165, 1.54) is 52.6 Å². The molecule has 0 amide bonds. The van der Waals surface area contributed by atoms with Crippen LogP contribution in [0.15, 0.2) is 140 Å². The molecule has 0 atom stereocenters. The topological polar surface area (TPSA) is 30.7 Å². The first-order chi connectivity index (χ1) is 21.8. The van der Waals surface area contributed by atoms with Gasteiger partial charge in [-0.2, -0.15) is 0 Å². The Morgan fingerprint density at radius 2 is 1.20 bits per heavy atom. The van der Waals surface area contributed by atoms with Gasteiger partial charge in [-0.05, 0) is 45.5 Å². The van der Waals surface area contributed by atoms with Gasteiger partial charge in [0, 0.05) is 43.2 Å². The highest BCUT2D eigenvalue weighted by Crippen LogP contribution is 2.47. The van der Waals surface area contributed by atoms with Gasteiger partial charge in [-0.25, -0.2) is 9.97 Å². The van der Waals surface area contributed by atoms with E-state index in [2.05, 4.69) is 138 Å². The van der Waals surface area contributed by atoms with E-state index < -0.39 is 0 Å². The SMILES string of the molecule is c1ccc(-c2cc3ccccc3c3nc(-n4c5ccccc5c5c6ccccc6c6c7ccccc7sc6c54)ncc23)cc1. The van der Waals surface area contributed by atoms with E-state index >= 15 is 0 Å². The molecule has 7 aromatic carbocycles. The molecule has 0 bridgehead atoms. The number of aromatic nitrogens is 3. The molecule has 10 rings (SSSR count). The van der Waals surface area contributed by atoms with Crippen LogP contribution in [0.5, 0.6) is 0 Å². The van der Waals surface area contributed by atoms with E-state index in [-0.39, 0.29) is 0 Å². The molecule has 0 aliphatic heterocycles. The van der Waals surface area contributed by atoms with Crippen molar-refractivity contribution in [1.29, 1.82) is 0 Å². The van der Waals surface area contributed by atoms with Gasteiger partial charge in [0.25, 0.3) is 0 Å². The zero-order valence-electron chi connectivity index (χ0n) is 23.5. The fourth-order valence-electron chi connectivity index (χ4n) is 7.15. The van der Waals surface area contributed by atoms with Gasteiger partial charge < -0.3 is 0 Å². The zero-order chi connectivity index (χ0) is 28.8. The zero-order valence-corrected chi connectivity index (χ0v) is 24.3. The second-order valence-electron chi connectivity index (χ2n) is 11.4. The molecule has 0 saturated carbocycles. The fourth-order valence-corrected chi connectivity index (χ4v) is 8.40. The molecule has 4 heteroatoms. The standard InChI is InChI=1S/C40H23N3S/c1-2-12-24(13-3-1)31-22-25-14-4-5-15-26(25)37-32(31)23-41-40(42-37)43-33-20-10-8-18-29(33)35-27-16-6-7-17-28(27)36-30-19-9-11-21-34(30)44-39(36)38(35)43/h1-23H. The molecule has 3 nitrogen and oxygen atoms in total. The predicted octanol–water partition coefficient (Wildman–Crippen LogP) is 11.1. The summed E-state index contributed by atoms with van der Waals surface area (Å²) >= 11 is 1.86. The molecule has 44 heavy (non-hydrogen) atoms. The second-order valence-corrected chi connectivity index (χ2v) is 12.4. The quantitative estimate of drug-likeness (QED) is 0.191. The van der Waals surface area contributed by atoms with Crippen molar-refractivity contribution in [3.8, 4) is 17.1 Å². The Kier molecular flexibility index (Phi) is 4.87. The van der Waals surface area contributed by atoms with E-state index in [0.717, 1.165) is 32.9 Å². The molecule has 204 valence electrons. The lowest BCUT2D eigenvalue weighted by Gasteiger charge is -2.13. The number of hydrogen-bond donors (Lipinski definition) is 0. The summed E-state index contributed by atoms with van der Waals surface area (Å²) in [7, 11) is 0. The number of nitrogens with zero attached hydrogens (tertiary/aromatic N) is 3. The summed E-state index contributed by atoms with van der Waals surface area (Å²) in [5, 5.41) is 11.0. The van der Waals surface area contributed by atoms with Crippen LogP contribution < -0.4 is 0 Å². The van der Waals surface area contributed by atoms with Crippen LogP contribution in [0.4, 0.5) is 0 Å².